The maximum Gasteiger partial charge on any atom is 0.135 e. The third kappa shape index (κ3) is 6.26. The molecular formula is C65H42O2. The van der Waals surface area contributed by atoms with Crippen molar-refractivity contribution in [3.05, 3.63) is 242 Å². The molecule has 67 heavy (non-hydrogen) atoms. The van der Waals surface area contributed by atoms with Gasteiger partial charge in [0.25, 0.3) is 0 Å². The van der Waals surface area contributed by atoms with Gasteiger partial charge in [0, 0.05) is 21.7 Å². The molecule has 2 nitrogen and oxygen atoms in total. The number of rotatable bonds is 7. The number of furan rings is 2. The fourth-order valence-corrected chi connectivity index (χ4v) is 10.7. The second-order valence-corrected chi connectivity index (χ2v) is 17.6. The summed E-state index contributed by atoms with van der Waals surface area (Å²) in [4.78, 5) is 0. The molecule has 0 saturated carbocycles. The minimum absolute atomic E-state index is 0.823. The van der Waals surface area contributed by atoms with Gasteiger partial charge in [0.05, 0.1) is 0 Å². The highest BCUT2D eigenvalue weighted by atomic mass is 16.3. The third-order valence-corrected chi connectivity index (χ3v) is 13.8. The Morgan fingerprint density at radius 3 is 1.31 bits per heavy atom. The van der Waals surface area contributed by atoms with Crippen LogP contribution in [0.2, 0.25) is 0 Å². The Labute approximate surface area is 388 Å². The van der Waals surface area contributed by atoms with Gasteiger partial charge in [-0.3, -0.25) is 0 Å². The summed E-state index contributed by atoms with van der Waals surface area (Å²) in [5.74, 6) is 0.823. The summed E-state index contributed by atoms with van der Waals surface area (Å²) in [7, 11) is 0. The molecule has 0 aliphatic heterocycles. The normalized spacial score (nSPS) is 12.0. The molecule has 0 unspecified atom stereocenters. The number of hydrogen-bond donors (Lipinski definition) is 0. The highest BCUT2D eigenvalue weighted by Crippen LogP contribution is 2.46. The summed E-state index contributed by atoms with van der Waals surface area (Å²) in [5, 5.41) is 12.9. The number of fused-ring (bicyclic) bond motifs is 8. The van der Waals surface area contributed by atoms with Gasteiger partial charge in [-0.05, 0) is 142 Å². The molecule has 0 amide bonds. The van der Waals surface area contributed by atoms with Crippen LogP contribution >= 0.6 is 0 Å². The van der Waals surface area contributed by atoms with Crippen molar-refractivity contribution in [2.45, 2.75) is 6.92 Å². The van der Waals surface area contributed by atoms with Gasteiger partial charge in [0.2, 0.25) is 0 Å². The molecule has 0 bridgehead atoms. The Hall–Kier alpha value is -8.72. The molecule has 0 spiro atoms. The first kappa shape index (κ1) is 38.7. The molecule has 2 heteroatoms. The van der Waals surface area contributed by atoms with E-state index in [0.29, 0.717) is 0 Å². The second kappa shape index (κ2) is 15.5. The Kier molecular flexibility index (Phi) is 8.94. The van der Waals surface area contributed by atoms with Crippen LogP contribution in [0.1, 0.15) is 16.9 Å². The molecule has 0 atom stereocenters. The lowest BCUT2D eigenvalue weighted by molar-refractivity contribution is 0.601. The van der Waals surface area contributed by atoms with E-state index < -0.39 is 0 Å². The summed E-state index contributed by atoms with van der Waals surface area (Å²) in [6.45, 7) is 6.88. The summed E-state index contributed by atoms with van der Waals surface area (Å²) >= 11 is 0. The Morgan fingerprint density at radius 1 is 0.343 bits per heavy atom. The molecule has 11 aromatic carbocycles. The molecule has 13 rings (SSSR count). The van der Waals surface area contributed by atoms with E-state index in [1.807, 2.05) is 0 Å². The van der Waals surface area contributed by atoms with Crippen molar-refractivity contribution in [2.75, 3.05) is 0 Å². The highest BCUT2D eigenvalue weighted by molar-refractivity contribution is 6.23. The zero-order valence-electron chi connectivity index (χ0n) is 36.9. The summed E-state index contributed by atoms with van der Waals surface area (Å²) < 4.78 is 13.2. The van der Waals surface area contributed by atoms with Gasteiger partial charge in [-0.15, -0.1) is 0 Å². The second-order valence-electron chi connectivity index (χ2n) is 17.6. The van der Waals surface area contributed by atoms with Gasteiger partial charge >= 0.3 is 0 Å². The van der Waals surface area contributed by atoms with E-state index in [-0.39, 0.29) is 0 Å². The standard InChI is InChI=1S/C65H42O2/c1-40(29-34-58-41(2)47-33-30-46(39-61(47)66-58)65-54-27-15-13-25-52(54)63(43-19-7-4-8-20-43)53-26-14-16-28-55(53)65)62-48-21-9-11-23-50(48)64(51-24-12-10-22-49(51)62)45-32-36-60-57(38-45)56-37-44(31-35-59(56)67-60)42-17-5-3-6-18-42/h3-39H,1H2,2H3/b34-29-. The average Bonchev–Trinajstić information content (AvgIpc) is 3.91. The topological polar surface area (TPSA) is 26.3 Å². The van der Waals surface area contributed by atoms with E-state index in [1.165, 1.54) is 65.7 Å². The zero-order chi connectivity index (χ0) is 44.6. The quantitative estimate of drug-likeness (QED) is 0.118. The summed E-state index contributed by atoms with van der Waals surface area (Å²) in [6, 6.07) is 76.1. The first-order valence-corrected chi connectivity index (χ1v) is 22.9. The number of hydrogen-bond acceptors (Lipinski definition) is 2. The molecule has 13 aromatic rings. The lowest BCUT2D eigenvalue weighted by Crippen LogP contribution is -1.92. The molecule has 314 valence electrons. The van der Waals surface area contributed by atoms with E-state index >= 15 is 0 Å². The van der Waals surface area contributed by atoms with Gasteiger partial charge in [-0.2, -0.15) is 0 Å². The molecule has 0 radical (unpaired) electrons. The highest BCUT2D eigenvalue weighted by Gasteiger charge is 2.20. The Bertz CT molecular complexity index is 4050. The summed E-state index contributed by atoms with van der Waals surface area (Å²) in [5.41, 5.74) is 15.3. The first-order chi connectivity index (χ1) is 33.1. The van der Waals surface area contributed by atoms with Crippen LogP contribution in [0.25, 0.3) is 132 Å². The third-order valence-electron chi connectivity index (χ3n) is 13.8. The minimum atomic E-state index is 0.823. The van der Waals surface area contributed by atoms with Crippen LogP contribution in [0, 0.1) is 6.92 Å². The van der Waals surface area contributed by atoms with Gasteiger partial charge in [-0.25, -0.2) is 0 Å². The SMILES string of the molecule is C=C(/C=C\c1oc2cc(-c3c4ccccc4c(-c4ccccc4)c4ccccc34)ccc2c1C)c1c2ccccc2c(-c2ccc3oc4ccc(-c5ccccc5)cc4c3c2)c2ccccc12. The maximum absolute atomic E-state index is 6.77. The van der Waals surface area contributed by atoms with Crippen LogP contribution < -0.4 is 0 Å². The predicted octanol–water partition coefficient (Wildman–Crippen LogP) is 18.6. The molecular weight excluding hydrogens is 813 g/mol. The van der Waals surface area contributed by atoms with Gasteiger partial charge < -0.3 is 8.83 Å². The van der Waals surface area contributed by atoms with Gasteiger partial charge in [0.1, 0.15) is 22.5 Å². The lowest BCUT2D eigenvalue weighted by atomic mass is 9.85. The van der Waals surface area contributed by atoms with Crippen LogP contribution in [-0.2, 0) is 0 Å². The smallest absolute Gasteiger partial charge is 0.135 e. The van der Waals surface area contributed by atoms with Crippen molar-refractivity contribution in [1.82, 2.24) is 0 Å². The van der Waals surface area contributed by atoms with Crippen LogP contribution in [0.15, 0.2) is 234 Å². The van der Waals surface area contributed by atoms with Crippen LogP contribution in [0.5, 0.6) is 0 Å². The van der Waals surface area contributed by atoms with E-state index in [4.69, 9.17) is 15.4 Å². The molecule has 2 heterocycles. The average molecular weight is 855 g/mol. The number of benzene rings is 11. The molecule has 0 aliphatic carbocycles. The first-order valence-electron chi connectivity index (χ1n) is 22.9. The number of aryl methyl sites for hydroxylation is 1. The Balaban J connectivity index is 0.902. The fourth-order valence-electron chi connectivity index (χ4n) is 10.7. The summed E-state index contributed by atoms with van der Waals surface area (Å²) in [6.07, 6.45) is 4.21. The maximum atomic E-state index is 6.77. The van der Waals surface area contributed by atoms with E-state index in [0.717, 1.165) is 77.3 Å². The Morgan fingerprint density at radius 2 is 0.761 bits per heavy atom. The monoisotopic (exact) mass is 854 g/mol. The van der Waals surface area contributed by atoms with Crippen LogP contribution in [-0.4, -0.2) is 0 Å². The van der Waals surface area contributed by atoms with Gasteiger partial charge in [0.15, 0.2) is 0 Å². The lowest BCUT2D eigenvalue weighted by Gasteiger charge is -2.17. The minimum Gasteiger partial charge on any atom is -0.456 e. The molecule has 0 saturated heterocycles. The van der Waals surface area contributed by atoms with Gasteiger partial charge in [-0.1, -0.05) is 195 Å². The van der Waals surface area contributed by atoms with Crippen LogP contribution in [0.4, 0.5) is 0 Å². The van der Waals surface area contributed by atoms with Crippen molar-refractivity contribution < 1.29 is 8.83 Å². The molecule has 0 aliphatic rings. The number of allylic oxidation sites excluding steroid dienone is 2. The van der Waals surface area contributed by atoms with E-state index in [1.54, 1.807) is 0 Å². The zero-order valence-corrected chi connectivity index (χ0v) is 36.9. The van der Waals surface area contributed by atoms with Crippen LogP contribution in [0.3, 0.4) is 0 Å². The van der Waals surface area contributed by atoms with Crippen molar-refractivity contribution >= 4 is 87.6 Å². The largest absolute Gasteiger partial charge is 0.456 e. The van der Waals surface area contributed by atoms with Crippen molar-refractivity contribution in [1.29, 1.82) is 0 Å². The van der Waals surface area contributed by atoms with E-state index in [9.17, 15) is 0 Å². The molecule has 0 N–H and O–H groups in total. The molecule has 2 aromatic heterocycles. The molecule has 0 fully saturated rings. The van der Waals surface area contributed by atoms with Crippen molar-refractivity contribution in [2.24, 2.45) is 0 Å². The predicted molar refractivity (Wildman–Crippen MR) is 285 cm³/mol. The van der Waals surface area contributed by atoms with Crippen molar-refractivity contribution in [3.63, 3.8) is 0 Å². The van der Waals surface area contributed by atoms with E-state index in [2.05, 4.69) is 231 Å². The van der Waals surface area contributed by atoms with Crippen molar-refractivity contribution in [3.8, 4) is 44.5 Å². The fraction of sp³-hybridized carbons (Fsp3) is 0.0154.